The Hall–Kier alpha value is -6.71. The number of aliphatic hydroxyl groups is 1. The van der Waals surface area contributed by atoms with E-state index in [1.807, 2.05) is 127 Å². The Balaban J connectivity index is 1.28. The molecule has 0 saturated carbocycles. The quantitative estimate of drug-likeness (QED) is 0.0299. The number of aliphatic hydroxyl groups excluding tert-OH is 1. The first kappa shape index (κ1) is 37.6. The van der Waals surface area contributed by atoms with Crippen LogP contribution >= 0.6 is 0 Å². The number of rotatable bonds is 16. The van der Waals surface area contributed by atoms with Crippen LogP contribution in [0.3, 0.4) is 0 Å². The molecule has 0 radical (unpaired) electrons. The molecule has 280 valence electrons. The molecule has 10 heteroatoms. The zero-order valence-corrected chi connectivity index (χ0v) is 30.7. The van der Waals surface area contributed by atoms with Crippen LogP contribution in [-0.4, -0.2) is 42.2 Å². The van der Waals surface area contributed by atoms with E-state index < -0.39 is 17.6 Å². The summed E-state index contributed by atoms with van der Waals surface area (Å²) >= 11 is 0. The minimum Gasteiger partial charge on any atom is -0.494 e. The molecular formula is C46H42N6O4. The average Bonchev–Trinajstić information content (AvgIpc) is 3.65. The van der Waals surface area contributed by atoms with Crippen LogP contribution in [0, 0.1) is 0 Å². The first-order valence-corrected chi connectivity index (χ1v) is 18.6. The standard InChI is InChI=1S/C46H42N6O4/c47-52-50-42-20-11-10-19-39(42)31-46(45(54)51-48-32-41(35-15-6-2-7-16-35)36-17-8-3-9-18-36)43(37-23-21-34(22-24-37)33-13-4-1-5-14-33)56-44(49-46)38-25-27-40(28-26-38)55-30-12-29-53/h1-11,13-28,41,43,48,53H,12,29-32H2,(H,51,54)/t43-,46-/m0/s1. The van der Waals surface area contributed by atoms with E-state index in [4.69, 9.17) is 14.5 Å². The maximum atomic E-state index is 15.0. The van der Waals surface area contributed by atoms with Crippen LogP contribution in [0.15, 0.2) is 174 Å². The van der Waals surface area contributed by atoms with E-state index in [-0.39, 0.29) is 24.8 Å². The number of hydrogen-bond acceptors (Lipinski definition) is 7. The summed E-state index contributed by atoms with van der Waals surface area (Å²) in [6.45, 7) is 0.818. The lowest BCUT2D eigenvalue weighted by atomic mass is 9.81. The predicted octanol–water partition coefficient (Wildman–Crippen LogP) is 9.01. The third-order valence-corrected chi connectivity index (χ3v) is 9.87. The first-order valence-electron chi connectivity index (χ1n) is 18.6. The minimum atomic E-state index is -1.55. The summed E-state index contributed by atoms with van der Waals surface area (Å²) in [6, 6.07) is 52.9. The summed E-state index contributed by atoms with van der Waals surface area (Å²) in [5, 5.41) is 13.1. The summed E-state index contributed by atoms with van der Waals surface area (Å²) in [5.41, 5.74) is 20.9. The highest BCUT2D eigenvalue weighted by atomic mass is 16.5. The average molecular weight is 743 g/mol. The van der Waals surface area contributed by atoms with Crippen molar-refractivity contribution >= 4 is 17.5 Å². The largest absolute Gasteiger partial charge is 0.494 e. The fraction of sp³-hybridized carbons (Fsp3) is 0.174. The Morgan fingerprint density at radius 3 is 2.02 bits per heavy atom. The van der Waals surface area contributed by atoms with Crippen molar-refractivity contribution in [3.63, 3.8) is 0 Å². The molecule has 0 bridgehead atoms. The normalized spacial score (nSPS) is 16.0. The van der Waals surface area contributed by atoms with E-state index in [0.29, 0.717) is 42.1 Å². The zero-order chi connectivity index (χ0) is 38.6. The first-order chi connectivity index (χ1) is 27.6. The number of azide groups is 1. The number of carbonyl (C=O) groups is 1. The number of hydrazine groups is 1. The van der Waals surface area contributed by atoms with Gasteiger partial charge < -0.3 is 14.6 Å². The van der Waals surface area contributed by atoms with Gasteiger partial charge in [0.1, 0.15) is 5.75 Å². The van der Waals surface area contributed by atoms with Gasteiger partial charge in [-0.15, -0.1) is 0 Å². The molecule has 10 nitrogen and oxygen atoms in total. The van der Waals surface area contributed by atoms with Crippen molar-refractivity contribution in [1.82, 2.24) is 10.9 Å². The summed E-state index contributed by atoms with van der Waals surface area (Å²) in [5.74, 6) is 0.450. The second-order valence-corrected chi connectivity index (χ2v) is 13.5. The molecule has 0 unspecified atom stereocenters. The molecule has 2 atom stereocenters. The Morgan fingerprint density at radius 2 is 1.38 bits per heavy atom. The SMILES string of the molecule is [N-]=[N+]=Nc1ccccc1C[C@]1(C(=O)NNCC(c2ccccc2)c2ccccc2)N=C(c2ccc(OCCCO)cc2)O[C@H]1c1ccc(-c2ccccc2)cc1. The van der Waals surface area contributed by atoms with E-state index in [9.17, 15) is 10.6 Å². The topological polar surface area (TPSA) is 141 Å². The van der Waals surface area contributed by atoms with Crippen molar-refractivity contribution in [2.45, 2.75) is 30.4 Å². The van der Waals surface area contributed by atoms with Gasteiger partial charge in [-0.25, -0.2) is 10.4 Å². The van der Waals surface area contributed by atoms with Crippen LogP contribution < -0.4 is 15.6 Å². The Bertz CT molecular complexity index is 2240. The number of benzene rings is 6. The summed E-state index contributed by atoms with van der Waals surface area (Å²) in [6.07, 6.45) is -0.293. The Kier molecular flexibility index (Phi) is 12.1. The summed E-state index contributed by atoms with van der Waals surface area (Å²) in [7, 11) is 0. The third kappa shape index (κ3) is 8.64. The second-order valence-electron chi connectivity index (χ2n) is 13.5. The molecule has 7 rings (SSSR count). The number of ether oxygens (including phenoxy) is 2. The molecule has 0 spiro atoms. The summed E-state index contributed by atoms with van der Waals surface area (Å²) in [4.78, 5) is 23.3. The molecule has 56 heavy (non-hydrogen) atoms. The van der Waals surface area contributed by atoms with Gasteiger partial charge in [-0.2, -0.15) is 0 Å². The van der Waals surface area contributed by atoms with Gasteiger partial charge in [-0.05, 0) is 63.2 Å². The predicted molar refractivity (Wildman–Crippen MR) is 218 cm³/mol. The van der Waals surface area contributed by atoms with Crippen molar-refractivity contribution in [2.24, 2.45) is 10.1 Å². The minimum absolute atomic E-state index is 0.0391. The maximum absolute atomic E-state index is 15.0. The zero-order valence-electron chi connectivity index (χ0n) is 30.7. The Morgan fingerprint density at radius 1 is 0.786 bits per heavy atom. The number of hydrogen-bond donors (Lipinski definition) is 3. The van der Waals surface area contributed by atoms with Crippen LogP contribution in [0.25, 0.3) is 21.6 Å². The van der Waals surface area contributed by atoms with Crippen LogP contribution in [-0.2, 0) is 16.0 Å². The van der Waals surface area contributed by atoms with Gasteiger partial charge in [0.05, 0.1) is 6.61 Å². The molecule has 1 aliphatic rings. The number of aliphatic imine (C=N–C) groups is 1. The van der Waals surface area contributed by atoms with Crippen LogP contribution in [0.2, 0.25) is 0 Å². The molecule has 3 N–H and O–H groups in total. The maximum Gasteiger partial charge on any atom is 0.266 e. The van der Waals surface area contributed by atoms with Crippen molar-refractivity contribution in [3.05, 3.63) is 202 Å². The molecular weight excluding hydrogens is 701 g/mol. The number of carbonyl (C=O) groups excluding carboxylic acids is 1. The van der Waals surface area contributed by atoms with Crippen molar-refractivity contribution in [3.8, 4) is 16.9 Å². The van der Waals surface area contributed by atoms with Gasteiger partial charge in [-0.3, -0.25) is 10.2 Å². The van der Waals surface area contributed by atoms with Gasteiger partial charge in [0.15, 0.2) is 11.6 Å². The van der Waals surface area contributed by atoms with E-state index in [2.05, 4.69) is 45.1 Å². The van der Waals surface area contributed by atoms with Gasteiger partial charge >= 0.3 is 0 Å². The van der Waals surface area contributed by atoms with Crippen LogP contribution in [0.5, 0.6) is 5.75 Å². The molecule has 0 saturated heterocycles. The number of nitrogens with zero attached hydrogens (tertiary/aromatic N) is 4. The lowest BCUT2D eigenvalue weighted by molar-refractivity contribution is -0.130. The third-order valence-electron chi connectivity index (χ3n) is 9.87. The van der Waals surface area contributed by atoms with E-state index in [1.165, 1.54) is 0 Å². The lowest BCUT2D eigenvalue weighted by Crippen LogP contribution is -2.54. The summed E-state index contributed by atoms with van der Waals surface area (Å²) < 4.78 is 12.5. The van der Waals surface area contributed by atoms with E-state index in [1.54, 1.807) is 12.1 Å². The molecule has 6 aromatic rings. The number of nitrogens with one attached hydrogen (secondary N) is 2. The van der Waals surface area contributed by atoms with Crippen molar-refractivity contribution < 1.29 is 19.4 Å². The molecule has 1 amide bonds. The molecule has 1 aliphatic heterocycles. The van der Waals surface area contributed by atoms with Crippen LogP contribution in [0.4, 0.5) is 5.69 Å². The second kappa shape index (κ2) is 18.1. The molecule has 0 fully saturated rings. The van der Waals surface area contributed by atoms with Crippen molar-refractivity contribution in [1.29, 1.82) is 0 Å². The van der Waals surface area contributed by atoms with Gasteiger partial charge in [0.2, 0.25) is 5.90 Å². The van der Waals surface area contributed by atoms with Crippen molar-refractivity contribution in [2.75, 3.05) is 19.8 Å². The lowest BCUT2D eigenvalue weighted by Gasteiger charge is -2.31. The smallest absolute Gasteiger partial charge is 0.266 e. The highest BCUT2D eigenvalue weighted by molar-refractivity contribution is 6.01. The van der Waals surface area contributed by atoms with E-state index in [0.717, 1.165) is 27.8 Å². The van der Waals surface area contributed by atoms with E-state index >= 15 is 4.79 Å². The van der Waals surface area contributed by atoms with Gasteiger partial charge in [0.25, 0.3) is 5.91 Å². The van der Waals surface area contributed by atoms with Crippen LogP contribution in [0.1, 0.15) is 46.3 Å². The fourth-order valence-corrected chi connectivity index (χ4v) is 7.00. The fourth-order valence-electron chi connectivity index (χ4n) is 7.00. The van der Waals surface area contributed by atoms with Gasteiger partial charge in [0, 0.05) is 48.1 Å². The molecule has 6 aromatic carbocycles. The number of amides is 1. The van der Waals surface area contributed by atoms with Gasteiger partial charge in [-0.1, -0.05) is 145 Å². The molecule has 0 aromatic heterocycles. The highest BCUT2D eigenvalue weighted by Gasteiger charge is 2.53. The molecule has 0 aliphatic carbocycles. The monoisotopic (exact) mass is 742 g/mol. The highest BCUT2D eigenvalue weighted by Crippen LogP contribution is 2.44. The Labute approximate surface area is 326 Å². The molecule has 1 heterocycles.